The minimum Gasteiger partial charge on any atom is -0.479 e. The van der Waals surface area contributed by atoms with E-state index in [-0.39, 0.29) is 18.8 Å². The second kappa shape index (κ2) is 8.44. The second-order valence-corrected chi connectivity index (χ2v) is 5.34. The molecular formula is C12H25NO6. The van der Waals surface area contributed by atoms with E-state index in [0.29, 0.717) is 6.42 Å². The Kier molecular flexibility index (Phi) is 8.12. The molecule has 0 saturated heterocycles. The molecule has 7 nitrogen and oxygen atoms in total. The molecule has 7 N–H and O–H groups in total. The van der Waals surface area contributed by atoms with E-state index < -0.39 is 36.4 Å². The Hall–Kier alpha value is -0.730. The van der Waals surface area contributed by atoms with Gasteiger partial charge in [0.2, 0.25) is 0 Å². The van der Waals surface area contributed by atoms with Crippen molar-refractivity contribution in [2.75, 3.05) is 0 Å². The summed E-state index contributed by atoms with van der Waals surface area (Å²) in [5.41, 5.74) is 5.42. The first-order valence-corrected chi connectivity index (χ1v) is 6.35. The van der Waals surface area contributed by atoms with Gasteiger partial charge in [0.05, 0.1) is 18.3 Å². The van der Waals surface area contributed by atoms with Gasteiger partial charge in [-0.25, -0.2) is 4.79 Å². The van der Waals surface area contributed by atoms with E-state index in [1.807, 2.05) is 13.8 Å². The Morgan fingerprint density at radius 1 is 1.00 bits per heavy atom. The monoisotopic (exact) mass is 279 g/mol. The Balaban J connectivity index is 4.16. The van der Waals surface area contributed by atoms with Gasteiger partial charge < -0.3 is 31.3 Å². The third kappa shape index (κ3) is 7.44. The summed E-state index contributed by atoms with van der Waals surface area (Å²) in [6, 6.07) is -1.12. The third-order valence-corrected chi connectivity index (χ3v) is 2.87. The average Bonchev–Trinajstić information content (AvgIpc) is 2.26. The summed E-state index contributed by atoms with van der Waals surface area (Å²) in [4.78, 5) is 10.5. The van der Waals surface area contributed by atoms with Crippen molar-refractivity contribution < 1.29 is 30.3 Å². The number of carboxylic acids is 1. The zero-order chi connectivity index (χ0) is 15.2. The van der Waals surface area contributed by atoms with Crippen molar-refractivity contribution in [2.45, 2.75) is 63.6 Å². The van der Waals surface area contributed by atoms with E-state index in [1.165, 1.54) is 0 Å². The first-order valence-electron chi connectivity index (χ1n) is 6.35. The van der Waals surface area contributed by atoms with Gasteiger partial charge in [-0.05, 0) is 18.8 Å². The van der Waals surface area contributed by atoms with Crippen molar-refractivity contribution in [1.29, 1.82) is 0 Å². The number of rotatable bonds is 9. The van der Waals surface area contributed by atoms with Crippen LogP contribution in [0.15, 0.2) is 0 Å². The van der Waals surface area contributed by atoms with Gasteiger partial charge >= 0.3 is 5.97 Å². The summed E-state index contributed by atoms with van der Waals surface area (Å²) in [6.07, 6.45) is -4.78. The van der Waals surface area contributed by atoms with Crippen molar-refractivity contribution in [3.05, 3.63) is 0 Å². The molecule has 0 fully saturated rings. The molecule has 0 rings (SSSR count). The number of aliphatic hydroxyl groups excluding tert-OH is 4. The molecule has 19 heavy (non-hydrogen) atoms. The van der Waals surface area contributed by atoms with Crippen LogP contribution in [0.2, 0.25) is 0 Å². The van der Waals surface area contributed by atoms with E-state index in [4.69, 9.17) is 15.9 Å². The molecule has 7 heteroatoms. The first kappa shape index (κ1) is 18.3. The Morgan fingerprint density at radius 2 is 1.47 bits per heavy atom. The largest absolute Gasteiger partial charge is 0.479 e. The Bertz CT molecular complexity index is 273. The Morgan fingerprint density at radius 3 is 1.89 bits per heavy atom. The normalized spacial score (nSPS) is 19.8. The lowest BCUT2D eigenvalue weighted by Crippen LogP contribution is -2.43. The molecule has 0 radical (unpaired) electrons. The molecule has 0 spiro atoms. The zero-order valence-electron chi connectivity index (χ0n) is 11.3. The molecule has 0 aliphatic heterocycles. The van der Waals surface area contributed by atoms with Crippen LogP contribution in [0.25, 0.3) is 0 Å². The van der Waals surface area contributed by atoms with E-state index in [9.17, 15) is 20.1 Å². The highest BCUT2D eigenvalue weighted by molar-refractivity contribution is 5.72. The topological polar surface area (TPSA) is 144 Å². The van der Waals surface area contributed by atoms with Gasteiger partial charge in [-0.2, -0.15) is 0 Å². The lowest BCUT2D eigenvalue weighted by molar-refractivity contribution is -0.148. The van der Waals surface area contributed by atoms with Crippen LogP contribution in [-0.2, 0) is 4.79 Å². The molecule has 0 aromatic rings. The first-order chi connectivity index (χ1) is 8.65. The zero-order valence-corrected chi connectivity index (χ0v) is 11.3. The minimum atomic E-state index is -1.76. The molecule has 0 aliphatic carbocycles. The van der Waals surface area contributed by atoms with Crippen LogP contribution in [0.4, 0.5) is 0 Å². The number of nitrogens with two attached hydrogens (primary N) is 1. The average molecular weight is 279 g/mol. The van der Waals surface area contributed by atoms with Gasteiger partial charge in [-0.15, -0.1) is 0 Å². The maximum atomic E-state index is 10.5. The summed E-state index contributed by atoms with van der Waals surface area (Å²) in [7, 11) is 0. The lowest BCUT2D eigenvalue weighted by atomic mass is 9.95. The third-order valence-electron chi connectivity index (χ3n) is 2.87. The quantitative estimate of drug-likeness (QED) is 0.307. The summed E-state index contributed by atoms with van der Waals surface area (Å²) in [5, 5.41) is 46.6. The molecule has 0 aromatic carbocycles. The van der Waals surface area contributed by atoms with Gasteiger partial charge in [0.1, 0.15) is 0 Å². The van der Waals surface area contributed by atoms with E-state index in [0.717, 1.165) is 0 Å². The van der Waals surface area contributed by atoms with Crippen LogP contribution in [0, 0.1) is 5.92 Å². The molecule has 0 aliphatic rings. The number of carbonyl (C=O) groups is 1. The van der Waals surface area contributed by atoms with Crippen molar-refractivity contribution in [3.8, 4) is 0 Å². The molecule has 0 aromatic heterocycles. The second-order valence-electron chi connectivity index (χ2n) is 5.34. The predicted molar refractivity (Wildman–Crippen MR) is 68.3 cm³/mol. The molecule has 5 atom stereocenters. The summed E-state index contributed by atoms with van der Waals surface area (Å²) in [6.45, 7) is 3.79. The number of hydrogen-bond donors (Lipinski definition) is 6. The maximum Gasteiger partial charge on any atom is 0.334 e. The fraction of sp³-hybridized carbons (Fsp3) is 0.917. The smallest absolute Gasteiger partial charge is 0.334 e. The van der Waals surface area contributed by atoms with Crippen LogP contribution >= 0.6 is 0 Å². The number of aliphatic carboxylic acids is 1. The standard InChI is InChI=1S/C12H25NO6/c1-6(2)3-9(15)10(16)5-7(14)4-8(13)11(17)12(18)19/h6-11,14-17H,3-5,13H2,1-2H3,(H,18,19). The molecular weight excluding hydrogens is 254 g/mol. The fourth-order valence-electron chi connectivity index (χ4n) is 1.80. The van der Waals surface area contributed by atoms with Crippen LogP contribution in [0.3, 0.4) is 0 Å². The van der Waals surface area contributed by atoms with Crippen LogP contribution in [0.5, 0.6) is 0 Å². The molecule has 0 amide bonds. The number of carboxylic acid groups (broad SMARTS) is 1. The van der Waals surface area contributed by atoms with Crippen molar-refractivity contribution in [1.82, 2.24) is 0 Å². The SMILES string of the molecule is CC(C)CC(O)C(O)CC(O)CC(N)C(O)C(=O)O. The molecule has 0 bridgehead atoms. The van der Waals surface area contributed by atoms with E-state index in [2.05, 4.69) is 0 Å². The number of aliphatic hydroxyl groups is 4. The molecule has 0 heterocycles. The van der Waals surface area contributed by atoms with E-state index in [1.54, 1.807) is 0 Å². The van der Waals surface area contributed by atoms with Gasteiger partial charge in [0.15, 0.2) is 6.10 Å². The number of hydrogen-bond acceptors (Lipinski definition) is 6. The summed E-state index contributed by atoms with van der Waals surface area (Å²) < 4.78 is 0. The lowest BCUT2D eigenvalue weighted by Gasteiger charge is -2.24. The van der Waals surface area contributed by atoms with Gasteiger partial charge in [-0.3, -0.25) is 0 Å². The highest BCUT2D eigenvalue weighted by Gasteiger charge is 2.27. The highest BCUT2D eigenvalue weighted by Crippen LogP contribution is 2.14. The van der Waals surface area contributed by atoms with Crippen LogP contribution < -0.4 is 5.73 Å². The van der Waals surface area contributed by atoms with Gasteiger partial charge in [0.25, 0.3) is 0 Å². The maximum absolute atomic E-state index is 10.5. The molecule has 0 saturated carbocycles. The van der Waals surface area contributed by atoms with E-state index >= 15 is 0 Å². The van der Waals surface area contributed by atoms with Crippen molar-refractivity contribution in [3.63, 3.8) is 0 Å². The van der Waals surface area contributed by atoms with Gasteiger partial charge in [0, 0.05) is 12.5 Å². The fourth-order valence-corrected chi connectivity index (χ4v) is 1.80. The molecule has 5 unspecified atom stereocenters. The Labute approximate surface area is 112 Å². The summed E-state index contributed by atoms with van der Waals surface area (Å²) >= 11 is 0. The van der Waals surface area contributed by atoms with Crippen LogP contribution in [0.1, 0.15) is 33.1 Å². The van der Waals surface area contributed by atoms with Gasteiger partial charge in [-0.1, -0.05) is 13.8 Å². The van der Waals surface area contributed by atoms with Crippen molar-refractivity contribution in [2.24, 2.45) is 11.7 Å². The molecule has 114 valence electrons. The predicted octanol–water partition coefficient (Wildman–Crippen LogP) is -1.33. The highest BCUT2D eigenvalue weighted by atomic mass is 16.4. The summed E-state index contributed by atoms with van der Waals surface area (Å²) in [5.74, 6) is -1.25. The van der Waals surface area contributed by atoms with Crippen molar-refractivity contribution >= 4 is 5.97 Å². The van der Waals surface area contributed by atoms with Crippen LogP contribution in [-0.4, -0.2) is 62.0 Å². The minimum absolute atomic E-state index is 0.117.